The van der Waals surface area contributed by atoms with Gasteiger partial charge in [0.15, 0.2) is 0 Å². The van der Waals surface area contributed by atoms with Gasteiger partial charge in [0.1, 0.15) is 6.04 Å². The Morgan fingerprint density at radius 2 is 1.83 bits per heavy atom. The molecule has 2 aliphatic heterocycles. The van der Waals surface area contributed by atoms with Crippen molar-refractivity contribution in [3.63, 3.8) is 0 Å². The Balaban J connectivity index is 1.73. The van der Waals surface area contributed by atoms with Crippen molar-refractivity contribution in [2.24, 2.45) is 7.05 Å². The normalized spacial score (nSPS) is 25.1. The Kier molecular flexibility index (Phi) is 6.15. The molecule has 0 bridgehead atoms. The molecule has 2 aliphatic rings. The molecule has 0 unspecified atom stereocenters. The van der Waals surface area contributed by atoms with Crippen LogP contribution < -0.4 is 4.72 Å². The summed E-state index contributed by atoms with van der Waals surface area (Å²) in [4.78, 5) is 28.2. The fraction of sp³-hybridized carbons (Fsp3) is 0.706. The first-order chi connectivity index (χ1) is 13.6. The standard InChI is InChI=1S/C17H28N6O5S/c1-5-28-17(25)23-8-6-22(7-9-23)16(24)15-10-14(19-29(26,27)21(15)4)13-11-20(3)18-12(13)2/h11,14-15,19H,5-10H2,1-4H3/t14-,15+/m1/s1. The van der Waals surface area contributed by atoms with E-state index in [1.54, 1.807) is 34.6 Å². The number of hydrogen-bond donors (Lipinski definition) is 1. The molecule has 12 heteroatoms. The number of nitrogens with one attached hydrogen (secondary N) is 1. The number of ether oxygens (including phenoxy) is 1. The quantitative estimate of drug-likeness (QED) is 0.701. The maximum absolute atomic E-state index is 13.2. The minimum atomic E-state index is -3.82. The fourth-order valence-corrected chi connectivity index (χ4v) is 5.05. The summed E-state index contributed by atoms with van der Waals surface area (Å²) in [6, 6.07) is -1.35. The van der Waals surface area contributed by atoms with Gasteiger partial charge in [-0.25, -0.2) is 4.79 Å². The summed E-state index contributed by atoms with van der Waals surface area (Å²) in [5.74, 6) is -0.257. The third-order valence-corrected chi connectivity index (χ3v) is 6.99. The molecule has 1 aromatic heterocycles. The smallest absolute Gasteiger partial charge is 0.409 e. The molecule has 162 valence electrons. The highest BCUT2D eigenvalue weighted by Crippen LogP contribution is 2.30. The van der Waals surface area contributed by atoms with Crippen LogP contribution in [0.5, 0.6) is 0 Å². The van der Waals surface area contributed by atoms with E-state index in [-0.39, 0.29) is 5.91 Å². The van der Waals surface area contributed by atoms with Gasteiger partial charge in [0.2, 0.25) is 5.91 Å². The lowest BCUT2D eigenvalue weighted by Gasteiger charge is -2.40. The van der Waals surface area contributed by atoms with Crippen LogP contribution >= 0.6 is 0 Å². The first-order valence-electron chi connectivity index (χ1n) is 9.60. The number of amides is 2. The Bertz CT molecular complexity index is 877. The minimum absolute atomic E-state index is 0.257. The summed E-state index contributed by atoms with van der Waals surface area (Å²) in [5, 5.41) is 4.28. The molecule has 2 fully saturated rings. The van der Waals surface area contributed by atoms with Gasteiger partial charge in [-0.1, -0.05) is 0 Å². The summed E-state index contributed by atoms with van der Waals surface area (Å²) >= 11 is 0. The van der Waals surface area contributed by atoms with Crippen molar-refractivity contribution in [3.05, 3.63) is 17.5 Å². The maximum atomic E-state index is 13.2. The predicted molar refractivity (Wildman–Crippen MR) is 104 cm³/mol. The van der Waals surface area contributed by atoms with E-state index in [0.29, 0.717) is 39.2 Å². The molecule has 0 spiro atoms. The van der Waals surface area contributed by atoms with Gasteiger partial charge in [0, 0.05) is 52.0 Å². The largest absolute Gasteiger partial charge is 0.450 e. The topological polar surface area (TPSA) is 117 Å². The number of piperazine rings is 1. The molecule has 3 heterocycles. The van der Waals surface area contributed by atoms with Crippen LogP contribution in [-0.4, -0.2) is 90.2 Å². The van der Waals surface area contributed by atoms with Gasteiger partial charge < -0.3 is 14.5 Å². The number of carbonyl (C=O) groups excluding carboxylic acids is 2. The molecule has 2 atom stereocenters. The van der Waals surface area contributed by atoms with Gasteiger partial charge >= 0.3 is 6.09 Å². The van der Waals surface area contributed by atoms with E-state index in [4.69, 9.17) is 4.74 Å². The fourth-order valence-electron chi connectivity index (χ4n) is 3.79. The number of likely N-dealkylation sites (N-methyl/N-ethyl adjacent to an activating group) is 1. The minimum Gasteiger partial charge on any atom is -0.450 e. The maximum Gasteiger partial charge on any atom is 0.409 e. The lowest BCUT2D eigenvalue weighted by molar-refractivity contribution is -0.137. The zero-order chi connectivity index (χ0) is 21.3. The SMILES string of the molecule is CCOC(=O)N1CCN(C(=O)[C@@H]2C[C@H](c3cn(C)nc3C)NS(=O)(=O)N2C)CC1. The molecule has 0 radical (unpaired) electrons. The van der Waals surface area contributed by atoms with Crippen molar-refractivity contribution in [1.29, 1.82) is 0 Å². The van der Waals surface area contributed by atoms with Gasteiger partial charge in [-0.05, 0) is 20.3 Å². The van der Waals surface area contributed by atoms with E-state index < -0.39 is 28.4 Å². The molecule has 3 rings (SSSR count). The van der Waals surface area contributed by atoms with Crippen LogP contribution in [0.2, 0.25) is 0 Å². The summed E-state index contributed by atoms with van der Waals surface area (Å²) < 4.78 is 35.6. The third kappa shape index (κ3) is 4.38. The van der Waals surface area contributed by atoms with Gasteiger partial charge in [0.25, 0.3) is 10.2 Å². The zero-order valence-corrected chi connectivity index (χ0v) is 18.0. The number of hydrogen-bond acceptors (Lipinski definition) is 6. The van der Waals surface area contributed by atoms with Crippen molar-refractivity contribution in [2.75, 3.05) is 39.8 Å². The molecule has 0 aromatic carbocycles. The molecular weight excluding hydrogens is 400 g/mol. The monoisotopic (exact) mass is 428 g/mol. The molecular formula is C17H28N6O5S. The van der Waals surface area contributed by atoms with Gasteiger partial charge in [-0.15, -0.1) is 0 Å². The van der Waals surface area contributed by atoms with E-state index in [9.17, 15) is 18.0 Å². The lowest BCUT2D eigenvalue weighted by atomic mass is 9.99. The Labute approximate surface area is 170 Å². The summed E-state index contributed by atoms with van der Waals surface area (Å²) in [6.07, 6.45) is 1.68. The van der Waals surface area contributed by atoms with E-state index in [1.165, 1.54) is 7.05 Å². The Morgan fingerprint density at radius 1 is 1.21 bits per heavy atom. The van der Waals surface area contributed by atoms with E-state index in [2.05, 4.69) is 9.82 Å². The van der Waals surface area contributed by atoms with Crippen LogP contribution in [0, 0.1) is 6.92 Å². The summed E-state index contributed by atoms with van der Waals surface area (Å²) in [5.41, 5.74) is 1.48. The van der Waals surface area contributed by atoms with Crippen LogP contribution in [0.4, 0.5) is 4.79 Å². The third-order valence-electron chi connectivity index (χ3n) is 5.40. The second-order valence-corrected chi connectivity index (χ2v) is 9.06. The van der Waals surface area contributed by atoms with Gasteiger partial charge in [-0.2, -0.15) is 22.5 Å². The predicted octanol–water partition coefficient (Wildman–Crippen LogP) is -0.391. The van der Waals surface area contributed by atoms with E-state index in [0.717, 1.165) is 15.6 Å². The molecule has 1 N–H and O–H groups in total. The number of nitrogens with zero attached hydrogens (tertiary/aromatic N) is 5. The van der Waals surface area contributed by atoms with Crippen molar-refractivity contribution in [1.82, 2.24) is 28.6 Å². The van der Waals surface area contributed by atoms with Crippen LogP contribution in [0.1, 0.15) is 30.6 Å². The molecule has 29 heavy (non-hydrogen) atoms. The van der Waals surface area contributed by atoms with Crippen LogP contribution in [0.25, 0.3) is 0 Å². The number of aryl methyl sites for hydroxylation is 2. The summed E-state index contributed by atoms with van der Waals surface area (Å²) in [7, 11) is -0.638. The molecule has 0 aliphatic carbocycles. The van der Waals surface area contributed by atoms with Crippen LogP contribution in [0.3, 0.4) is 0 Å². The first kappa shape index (κ1) is 21.5. The molecule has 11 nitrogen and oxygen atoms in total. The Hall–Kier alpha value is -2.18. The Morgan fingerprint density at radius 3 is 2.38 bits per heavy atom. The molecule has 1 aromatic rings. The lowest BCUT2D eigenvalue weighted by Crippen LogP contribution is -2.60. The number of aromatic nitrogens is 2. The molecule has 2 saturated heterocycles. The highest BCUT2D eigenvalue weighted by atomic mass is 32.2. The average molecular weight is 429 g/mol. The number of rotatable bonds is 3. The average Bonchev–Trinajstić information content (AvgIpc) is 3.01. The van der Waals surface area contributed by atoms with Crippen LogP contribution in [-0.2, 0) is 26.8 Å². The highest BCUT2D eigenvalue weighted by Gasteiger charge is 2.43. The molecule has 2 amide bonds. The van der Waals surface area contributed by atoms with E-state index in [1.807, 2.05) is 6.92 Å². The highest BCUT2D eigenvalue weighted by molar-refractivity contribution is 7.87. The first-order valence-corrected chi connectivity index (χ1v) is 11.0. The van der Waals surface area contributed by atoms with Crippen molar-refractivity contribution < 1.29 is 22.7 Å². The van der Waals surface area contributed by atoms with Crippen molar-refractivity contribution >= 4 is 22.2 Å². The second-order valence-electron chi connectivity index (χ2n) is 7.30. The number of carbonyl (C=O) groups is 2. The summed E-state index contributed by atoms with van der Waals surface area (Å²) in [6.45, 7) is 5.25. The van der Waals surface area contributed by atoms with E-state index >= 15 is 0 Å². The molecule has 0 saturated carbocycles. The second kappa shape index (κ2) is 8.28. The van der Waals surface area contributed by atoms with Gasteiger partial charge in [0.05, 0.1) is 18.3 Å². The van der Waals surface area contributed by atoms with Crippen LogP contribution in [0.15, 0.2) is 6.20 Å². The zero-order valence-electron chi connectivity index (χ0n) is 17.2. The van der Waals surface area contributed by atoms with Crippen molar-refractivity contribution in [3.8, 4) is 0 Å². The van der Waals surface area contributed by atoms with Gasteiger partial charge in [-0.3, -0.25) is 9.48 Å². The van der Waals surface area contributed by atoms with Crippen molar-refractivity contribution in [2.45, 2.75) is 32.4 Å².